The Kier molecular flexibility index (Phi) is 4.57. The van der Waals surface area contributed by atoms with Crippen LogP contribution in [-0.4, -0.2) is 5.11 Å². The van der Waals surface area contributed by atoms with Gasteiger partial charge in [0.2, 0.25) is 0 Å². The molecule has 1 aliphatic rings. The first-order chi connectivity index (χ1) is 11.2. The lowest BCUT2D eigenvalue weighted by atomic mass is 9.63. The van der Waals surface area contributed by atoms with Gasteiger partial charge in [0.25, 0.3) is 0 Å². The maximum Gasteiger partial charge on any atom is 0.0681 e. The van der Waals surface area contributed by atoms with Gasteiger partial charge in [0.1, 0.15) is 0 Å². The monoisotopic (exact) mass is 340 g/mol. The molecule has 0 saturated carbocycles. The van der Waals surface area contributed by atoms with Gasteiger partial charge < -0.3 is 5.11 Å². The first kappa shape index (κ1) is 17.6. The minimum Gasteiger partial charge on any atom is -0.392 e. The van der Waals surface area contributed by atoms with Crippen molar-refractivity contribution in [3.63, 3.8) is 0 Å². The zero-order valence-corrected chi connectivity index (χ0v) is 16.3. The van der Waals surface area contributed by atoms with Gasteiger partial charge in [-0.3, -0.25) is 0 Å². The summed E-state index contributed by atoms with van der Waals surface area (Å²) in [6.45, 7) is 11.8. The second kappa shape index (κ2) is 6.24. The molecule has 0 unspecified atom stereocenters. The van der Waals surface area contributed by atoms with Crippen molar-refractivity contribution in [1.82, 2.24) is 0 Å². The predicted octanol–water partition coefficient (Wildman–Crippen LogP) is 5.99. The van der Waals surface area contributed by atoms with E-state index >= 15 is 0 Å². The van der Waals surface area contributed by atoms with Gasteiger partial charge in [0, 0.05) is 9.79 Å². The van der Waals surface area contributed by atoms with Crippen LogP contribution in [0.25, 0.3) is 0 Å². The van der Waals surface area contributed by atoms with E-state index in [9.17, 15) is 5.11 Å². The van der Waals surface area contributed by atoms with E-state index in [0.29, 0.717) is 0 Å². The van der Waals surface area contributed by atoms with Gasteiger partial charge in [-0.05, 0) is 71.0 Å². The third-order valence-corrected chi connectivity index (χ3v) is 6.65. The number of aliphatic hydroxyl groups excluding tert-OH is 1. The normalized spacial score (nSPS) is 18.2. The molecule has 1 aliphatic carbocycles. The van der Waals surface area contributed by atoms with Crippen LogP contribution < -0.4 is 0 Å². The molecular weight excluding hydrogens is 312 g/mol. The van der Waals surface area contributed by atoms with Crippen LogP contribution in [0, 0.1) is 6.92 Å². The predicted molar refractivity (Wildman–Crippen MR) is 103 cm³/mol. The lowest BCUT2D eigenvalue weighted by Crippen LogP contribution is -2.34. The third kappa shape index (κ3) is 3.27. The number of rotatable bonds is 3. The van der Waals surface area contributed by atoms with E-state index in [0.717, 1.165) is 5.56 Å². The molecule has 24 heavy (non-hydrogen) atoms. The van der Waals surface area contributed by atoms with Gasteiger partial charge in [-0.15, -0.1) is 0 Å². The van der Waals surface area contributed by atoms with Gasteiger partial charge in [0.05, 0.1) is 6.61 Å². The zero-order chi connectivity index (χ0) is 17.5. The molecule has 2 aromatic carbocycles. The van der Waals surface area contributed by atoms with E-state index < -0.39 is 0 Å². The van der Waals surface area contributed by atoms with Crippen LogP contribution >= 0.6 is 11.8 Å². The molecule has 2 aromatic rings. The molecule has 0 amide bonds. The maximum absolute atomic E-state index is 9.19. The summed E-state index contributed by atoms with van der Waals surface area (Å²) in [6, 6.07) is 13.1. The molecule has 0 spiro atoms. The molecule has 1 N–H and O–H groups in total. The van der Waals surface area contributed by atoms with Crippen molar-refractivity contribution < 1.29 is 5.11 Å². The number of aryl methyl sites for hydroxylation is 1. The van der Waals surface area contributed by atoms with Crippen LogP contribution in [-0.2, 0) is 17.4 Å². The molecule has 0 atom stereocenters. The largest absolute Gasteiger partial charge is 0.392 e. The molecular formula is C22H28OS. The van der Waals surface area contributed by atoms with Gasteiger partial charge >= 0.3 is 0 Å². The summed E-state index contributed by atoms with van der Waals surface area (Å²) in [4.78, 5) is 2.57. The number of fused-ring (bicyclic) bond motifs is 1. The Morgan fingerprint density at radius 1 is 0.917 bits per heavy atom. The van der Waals surface area contributed by atoms with Crippen molar-refractivity contribution in [2.45, 2.75) is 74.7 Å². The van der Waals surface area contributed by atoms with E-state index in [1.54, 1.807) is 0 Å². The number of hydrogen-bond donors (Lipinski definition) is 1. The van der Waals surface area contributed by atoms with Crippen molar-refractivity contribution in [2.75, 3.05) is 0 Å². The van der Waals surface area contributed by atoms with Crippen molar-refractivity contribution in [2.24, 2.45) is 0 Å². The van der Waals surface area contributed by atoms with E-state index in [-0.39, 0.29) is 17.4 Å². The molecule has 1 nitrogen and oxygen atoms in total. The van der Waals surface area contributed by atoms with E-state index in [2.05, 4.69) is 58.9 Å². The third-order valence-electron chi connectivity index (χ3n) is 5.48. The highest BCUT2D eigenvalue weighted by Gasteiger charge is 2.37. The minimum atomic E-state index is 0.103. The fourth-order valence-electron chi connectivity index (χ4n) is 3.60. The van der Waals surface area contributed by atoms with Crippen LogP contribution in [0.3, 0.4) is 0 Å². The molecule has 0 bridgehead atoms. The summed E-state index contributed by atoms with van der Waals surface area (Å²) in [5, 5.41) is 9.19. The first-order valence-electron chi connectivity index (χ1n) is 8.76. The average molecular weight is 341 g/mol. The Balaban J connectivity index is 2.00. The Labute approximate surface area is 150 Å². The van der Waals surface area contributed by atoms with Crippen molar-refractivity contribution >= 4 is 11.8 Å². The summed E-state index contributed by atoms with van der Waals surface area (Å²) in [6.07, 6.45) is 2.49. The number of aliphatic hydroxyl groups is 1. The minimum absolute atomic E-state index is 0.103. The second-order valence-electron chi connectivity index (χ2n) is 8.34. The van der Waals surface area contributed by atoms with Gasteiger partial charge in [-0.2, -0.15) is 0 Å². The lowest BCUT2D eigenvalue weighted by Gasteiger charge is -2.42. The van der Waals surface area contributed by atoms with Crippen LogP contribution in [0.5, 0.6) is 0 Å². The Morgan fingerprint density at radius 2 is 1.46 bits per heavy atom. The SMILES string of the molecule is Cc1cc2c(cc1Sc1ccc(CO)cc1)C(C)(C)CCC2(C)C. The highest BCUT2D eigenvalue weighted by Crippen LogP contribution is 2.48. The van der Waals surface area contributed by atoms with Crippen molar-refractivity contribution in [3.05, 3.63) is 58.7 Å². The summed E-state index contributed by atoms with van der Waals surface area (Å²) in [5.41, 5.74) is 5.87. The fourth-order valence-corrected chi connectivity index (χ4v) is 4.52. The zero-order valence-electron chi connectivity index (χ0n) is 15.4. The number of hydrogen-bond acceptors (Lipinski definition) is 2. The highest BCUT2D eigenvalue weighted by atomic mass is 32.2. The average Bonchev–Trinajstić information content (AvgIpc) is 2.54. The molecule has 0 radical (unpaired) electrons. The van der Waals surface area contributed by atoms with E-state index in [1.807, 2.05) is 23.9 Å². The topological polar surface area (TPSA) is 20.2 Å². The van der Waals surface area contributed by atoms with Crippen LogP contribution in [0.15, 0.2) is 46.2 Å². The Hall–Kier alpha value is -1.25. The molecule has 0 fully saturated rings. The van der Waals surface area contributed by atoms with Crippen molar-refractivity contribution in [1.29, 1.82) is 0 Å². The molecule has 0 heterocycles. The summed E-state index contributed by atoms with van der Waals surface area (Å²) in [7, 11) is 0. The first-order valence-corrected chi connectivity index (χ1v) is 9.58. The molecule has 128 valence electrons. The molecule has 0 saturated heterocycles. The molecule has 0 aliphatic heterocycles. The smallest absolute Gasteiger partial charge is 0.0681 e. The highest BCUT2D eigenvalue weighted by molar-refractivity contribution is 7.99. The number of benzene rings is 2. The second-order valence-corrected chi connectivity index (χ2v) is 9.45. The summed E-state index contributed by atoms with van der Waals surface area (Å²) in [5.74, 6) is 0. The van der Waals surface area contributed by atoms with E-state index in [4.69, 9.17) is 0 Å². The quantitative estimate of drug-likeness (QED) is 0.741. The summed E-state index contributed by atoms with van der Waals surface area (Å²) < 4.78 is 0. The summed E-state index contributed by atoms with van der Waals surface area (Å²) >= 11 is 1.83. The van der Waals surface area contributed by atoms with E-state index in [1.165, 1.54) is 39.3 Å². The molecule has 0 aromatic heterocycles. The van der Waals surface area contributed by atoms with Gasteiger partial charge in [-0.25, -0.2) is 0 Å². The Morgan fingerprint density at radius 3 is 2.00 bits per heavy atom. The van der Waals surface area contributed by atoms with Crippen molar-refractivity contribution in [3.8, 4) is 0 Å². The molecule has 2 heteroatoms. The lowest BCUT2D eigenvalue weighted by molar-refractivity contribution is 0.282. The molecule has 3 rings (SSSR count). The van der Waals surface area contributed by atoms with Crippen LogP contribution in [0.4, 0.5) is 0 Å². The maximum atomic E-state index is 9.19. The van der Waals surface area contributed by atoms with Crippen LogP contribution in [0.2, 0.25) is 0 Å². The Bertz CT molecular complexity index is 741. The van der Waals surface area contributed by atoms with Gasteiger partial charge in [-0.1, -0.05) is 57.7 Å². The van der Waals surface area contributed by atoms with Gasteiger partial charge in [0.15, 0.2) is 0 Å². The standard InChI is InChI=1S/C22H28OS/c1-15-12-18-19(22(4,5)11-10-21(18,2)3)13-20(15)24-17-8-6-16(14-23)7-9-17/h6-9,12-13,23H,10-11,14H2,1-5H3. The fraction of sp³-hybridized carbons (Fsp3) is 0.455. The van der Waals surface area contributed by atoms with Crippen LogP contribution in [0.1, 0.15) is 62.8 Å².